The summed E-state index contributed by atoms with van der Waals surface area (Å²) < 4.78 is 0. The summed E-state index contributed by atoms with van der Waals surface area (Å²) in [5.74, 6) is 0. The molecule has 0 bridgehead atoms. The molecule has 0 aromatic carbocycles. The molecule has 0 saturated heterocycles. The minimum Gasteiger partial charge on any atom is -0.329 e. The minimum absolute atomic E-state index is 0.173. The SMILES string of the molecule is CCCCC(CC)(CN)N(C)C(C)Cc1cccs1. The maximum Gasteiger partial charge on any atom is 0.0329 e. The Hall–Kier alpha value is -0.380. The van der Waals surface area contributed by atoms with Gasteiger partial charge in [-0.2, -0.15) is 0 Å². The smallest absolute Gasteiger partial charge is 0.0329 e. The normalized spacial score (nSPS) is 16.5. The van der Waals surface area contributed by atoms with Crippen molar-refractivity contribution in [3.8, 4) is 0 Å². The molecule has 2 unspecified atom stereocenters. The highest BCUT2D eigenvalue weighted by Crippen LogP contribution is 2.27. The van der Waals surface area contributed by atoms with Crippen molar-refractivity contribution >= 4 is 11.3 Å². The molecule has 0 radical (unpaired) electrons. The monoisotopic (exact) mass is 282 g/mol. The fraction of sp³-hybridized carbons (Fsp3) is 0.750. The number of thiophene rings is 1. The minimum atomic E-state index is 0.173. The van der Waals surface area contributed by atoms with Gasteiger partial charge in [-0.1, -0.05) is 32.8 Å². The first-order valence-corrected chi connectivity index (χ1v) is 8.43. The number of hydrogen-bond donors (Lipinski definition) is 1. The summed E-state index contributed by atoms with van der Waals surface area (Å²) in [6, 6.07) is 4.91. The molecular weight excluding hydrogens is 252 g/mol. The quantitative estimate of drug-likeness (QED) is 0.744. The van der Waals surface area contributed by atoms with E-state index in [1.807, 2.05) is 11.3 Å². The van der Waals surface area contributed by atoms with E-state index in [0.29, 0.717) is 6.04 Å². The Bertz CT molecular complexity index is 331. The van der Waals surface area contributed by atoms with Crippen molar-refractivity contribution < 1.29 is 0 Å². The van der Waals surface area contributed by atoms with E-state index >= 15 is 0 Å². The number of unbranched alkanes of at least 4 members (excludes halogenated alkanes) is 1. The molecule has 1 aromatic rings. The second-order valence-electron chi connectivity index (χ2n) is 5.63. The molecule has 2 atom stereocenters. The summed E-state index contributed by atoms with van der Waals surface area (Å²) >= 11 is 1.85. The zero-order chi connectivity index (χ0) is 14.3. The molecule has 3 heteroatoms. The van der Waals surface area contributed by atoms with Crippen LogP contribution in [0, 0.1) is 0 Å². The van der Waals surface area contributed by atoms with Gasteiger partial charge in [-0.25, -0.2) is 0 Å². The Labute approximate surface area is 123 Å². The van der Waals surface area contributed by atoms with Gasteiger partial charge in [0.15, 0.2) is 0 Å². The number of hydrogen-bond acceptors (Lipinski definition) is 3. The summed E-state index contributed by atoms with van der Waals surface area (Å²) in [6.45, 7) is 7.61. The maximum absolute atomic E-state index is 6.13. The Morgan fingerprint density at radius 2 is 2.16 bits per heavy atom. The fourth-order valence-electron chi connectivity index (χ4n) is 2.82. The molecule has 19 heavy (non-hydrogen) atoms. The molecule has 2 N–H and O–H groups in total. The third-order valence-corrected chi connectivity index (χ3v) is 5.42. The van der Waals surface area contributed by atoms with Crippen LogP contribution in [0.5, 0.6) is 0 Å². The first-order valence-electron chi connectivity index (χ1n) is 7.55. The van der Waals surface area contributed by atoms with Gasteiger partial charge in [-0.05, 0) is 44.7 Å². The third kappa shape index (κ3) is 4.30. The van der Waals surface area contributed by atoms with Crippen LogP contribution in [0.4, 0.5) is 0 Å². The Morgan fingerprint density at radius 3 is 2.63 bits per heavy atom. The number of nitrogens with two attached hydrogens (primary N) is 1. The van der Waals surface area contributed by atoms with Crippen LogP contribution >= 0.6 is 11.3 Å². The summed E-state index contributed by atoms with van der Waals surface area (Å²) in [6.07, 6.45) is 5.98. The number of nitrogens with zero attached hydrogens (tertiary/aromatic N) is 1. The standard InChI is InChI=1S/C16H30N2S/c1-5-7-10-16(6-2,13-17)18(4)14(3)12-15-9-8-11-19-15/h8-9,11,14H,5-7,10,12-13,17H2,1-4H3. The fourth-order valence-corrected chi connectivity index (χ4v) is 3.65. The Balaban J connectivity index is 2.71. The lowest BCUT2D eigenvalue weighted by Crippen LogP contribution is -2.55. The molecule has 0 aliphatic carbocycles. The van der Waals surface area contributed by atoms with Gasteiger partial charge in [-0.3, -0.25) is 4.90 Å². The van der Waals surface area contributed by atoms with E-state index in [0.717, 1.165) is 19.4 Å². The molecule has 0 saturated carbocycles. The van der Waals surface area contributed by atoms with Crippen molar-refractivity contribution in [2.75, 3.05) is 13.6 Å². The van der Waals surface area contributed by atoms with Crippen molar-refractivity contribution in [3.05, 3.63) is 22.4 Å². The maximum atomic E-state index is 6.13. The third-order valence-electron chi connectivity index (χ3n) is 4.52. The van der Waals surface area contributed by atoms with Crippen LogP contribution in [0.2, 0.25) is 0 Å². The largest absolute Gasteiger partial charge is 0.329 e. The van der Waals surface area contributed by atoms with E-state index in [2.05, 4.69) is 50.2 Å². The van der Waals surface area contributed by atoms with E-state index in [1.165, 1.54) is 24.1 Å². The average molecular weight is 282 g/mol. The lowest BCUT2D eigenvalue weighted by atomic mass is 9.86. The first kappa shape index (κ1) is 16.7. The summed E-state index contributed by atoms with van der Waals surface area (Å²) in [4.78, 5) is 4.00. The second kappa shape index (κ2) is 8.03. The zero-order valence-corrected chi connectivity index (χ0v) is 13.8. The molecular formula is C16H30N2S. The predicted octanol–water partition coefficient (Wildman–Crippen LogP) is 3.91. The van der Waals surface area contributed by atoms with E-state index in [4.69, 9.17) is 5.73 Å². The highest BCUT2D eigenvalue weighted by molar-refractivity contribution is 7.09. The molecule has 2 nitrogen and oxygen atoms in total. The Morgan fingerprint density at radius 1 is 1.42 bits per heavy atom. The van der Waals surface area contributed by atoms with Gasteiger partial charge in [0.25, 0.3) is 0 Å². The van der Waals surface area contributed by atoms with Crippen molar-refractivity contribution in [1.29, 1.82) is 0 Å². The predicted molar refractivity (Wildman–Crippen MR) is 86.8 cm³/mol. The molecule has 0 aliphatic heterocycles. The van der Waals surface area contributed by atoms with Crippen molar-refractivity contribution in [1.82, 2.24) is 4.90 Å². The van der Waals surface area contributed by atoms with Gasteiger partial charge < -0.3 is 5.73 Å². The molecule has 0 aliphatic rings. The van der Waals surface area contributed by atoms with Crippen LogP contribution in [-0.2, 0) is 6.42 Å². The second-order valence-corrected chi connectivity index (χ2v) is 6.66. The molecule has 1 aromatic heterocycles. The van der Waals surface area contributed by atoms with Crippen LogP contribution < -0.4 is 5.73 Å². The highest BCUT2D eigenvalue weighted by atomic mass is 32.1. The van der Waals surface area contributed by atoms with E-state index in [9.17, 15) is 0 Å². The van der Waals surface area contributed by atoms with Crippen LogP contribution in [0.25, 0.3) is 0 Å². The van der Waals surface area contributed by atoms with Crippen LogP contribution in [-0.4, -0.2) is 30.1 Å². The summed E-state index contributed by atoms with van der Waals surface area (Å²) in [5.41, 5.74) is 6.31. The van der Waals surface area contributed by atoms with Crippen LogP contribution in [0.15, 0.2) is 17.5 Å². The van der Waals surface area contributed by atoms with Gasteiger partial charge in [0.05, 0.1) is 0 Å². The average Bonchev–Trinajstić information content (AvgIpc) is 2.93. The van der Waals surface area contributed by atoms with Crippen LogP contribution in [0.1, 0.15) is 51.3 Å². The first-order chi connectivity index (χ1) is 9.09. The lowest BCUT2D eigenvalue weighted by molar-refractivity contribution is 0.0700. The number of rotatable bonds is 9. The zero-order valence-electron chi connectivity index (χ0n) is 13.0. The van der Waals surface area contributed by atoms with E-state index in [1.54, 1.807) is 0 Å². The van der Waals surface area contributed by atoms with E-state index < -0.39 is 0 Å². The van der Waals surface area contributed by atoms with Gasteiger partial charge in [0, 0.05) is 23.0 Å². The molecule has 1 heterocycles. The van der Waals surface area contributed by atoms with Crippen molar-refractivity contribution in [3.63, 3.8) is 0 Å². The molecule has 110 valence electrons. The van der Waals surface area contributed by atoms with Crippen molar-refractivity contribution in [2.45, 2.75) is 64.5 Å². The lowest BCUT2D eigenvalue weighted by Gasteiger charge is -2.44. The molecule has 0 fully saturated rings. The molecule has 0 amide bonds. The van der Waals surface area contributed by atoms with Gasteiger partial charge in [0.1, 0.15) is 0 Å². The molecule has 0 spiro atoms. The summed E-state index contributed by atoms with van der Waals surface area (Å²) in [7, 11) is 2.25. The van der Waals surface area contributed by atoms with Crippen LogP contribution in [0.3, 0.4) is 0 Å². The van der Waals surface area contributed by atoms with E-state index in [-0.39, 0.29) is 5.54 Å². The highest BCUT2D eigenvalue weighted by Gasteiger charge is 2.33. The number of likely N-dealkylation sites (N-methyl/N-ethyl adjacent to an activating group) is 1. The van der Waals surface area contributed by atoms with Gasteiger partial charge in [-0.15, -0.1) is 11.3 Å². The molecule has 1 rings (SSSR count). The summed E-state index contributed by atoms with van der Waals surface area (Å²) in [5, 5.41) is 2.16. The topological polar surface area (TPSA) is 29.3 Å². The van der Waals surface area contributed by atoms with Gasteiger partial charge >= 0.3 is 0 Å². The Kier molecular flexibility index (Phi) is 7.05. The van der Waals surface area contributed by atoms with Gasteiger partial charge in [0.2, 0.25) is 0 Å². The van der Waals surface area contributed by atoms with Crippen molar-refractivity contribution in [2.24, 2.45) is 5.73 Å².